The van der Waals surface area contributed by atoms with Crippen molar-refractivity contribution in [3.63, 3.8) is 0 Å². The van der Waals surface area contributed by atoms with Gasteiger partial charge in [-0.3, -0.25) is 9.78 Å². The Balaban J connectivity index is 2.10. The van der Waals surface area contributed by atoms with E-state index >= 15 is 0 Å². The molecule has 0 saturated carbocycles. The normalized spacial score (nSPS) is 25.5. The molecule has 0 radical (unpaired) electrons. The van der Waals surface area contributed by atoms with Gasteiger partial charge in [-0.05, 0) is 26.0 Å². The zero-order valence-corrected chi connectivity index (χ0v) is 9.68. The van der Waals surface area contributed by atoms with Gasteiger partial charge in [-0.1, -0.05) is 6.07 Å². The SMILES string of the molecule is CC1CN(C(=O)c2ccccn2)CC(C)N1. The zero-order valence-electron chi connectivity index (χ0n) is 9.68. The Bertz CT molecular complexity index is 356. The van der Waals surface area contributed by atoms with E-state index in [-0.39, 0.29) is 5.91 Å². The Hall–Kier alpha value is -1.42. The first-order chi connectivity index (χ1) is 7.66. The molecule has 1 aromatic heterocycles. The van der Waals surface area contributed by atoms with Crippen LogP contribution in [0, 0.1) is 0 Å². The van der Waals surface area contributed by atoms with Crippen molar-refractivity contribution in [2.24, 2.45) is 0 Å². The van der Waals surface area contributed by atoms with Gasteiger partial charge in [0.05, 0.1) is 0 Å². The summed E-state index contributed by atoms with van der Waals surface area (Å²) < 4.78 is 0. The van der Waals surface area contributed by atoms with E-state index in [1.807, 2.05) is 17.0 Å². The highest BCUT2D eigenvalue weighted by Gasteiger charge is 2.25. The van der Waals surface area contributed by atoms with Crippen molar-refractivity contribution < 1.29 is 4.79 Å². The van der Waals surface area contributed by atoms with Gasteiger partial charge in [0.2, 0.25) is 0 Å². The third-order valence-electron chi connectivity index (χ3n) is 2.73. The quantitative estimate of drug-likeness (QED) is 0.763. The Morgan fingerprint density at radius 1 is 1.38 bits per heavy atom. The number of hydrogen-bond acceptors (Lipinski definition) is 3. The maximum atomic E-state index is 12.1. The van der Waals surface area contributed by atoms with Gasteiger partial charge in [0.25, 0.3) is 5.91 Å². The summed E-state index contributed by atoms with van der Waals surface area (Å²) in [5, 5.41) is 3.40. The summed E-state index contributed by atoms with van der Waals surface area (Å²) in [6.45, 7) is 5.68. The third kappa shape index (κ3) is 2.39. The molecule has 2 rings (SSSR count). The van der Waals surface area contributed by atoms with Crippen LogP contribution in [0.5, 0.6) is 0 Å². The smallest absolute Gasteiger partial charge is 0.272 e. The highest BCUT2D eigenvalue weighted by molar-refractivity contribution is 5.92. The summed E-state index contributed by atoms with van der Waals surface area (Å²) >= 11 is 0. The van der Waals surface area contributed by atoms with E-state index in [0.717, 1.165) is 13.1 Å². The number of nitrogens with zero attached hydrogens (tertiary/aromatic N) is 2. The van der Waals surface area contributed by atoms with Gasteiger partial charge in [-0.2, -0.15) is 0 Å². The molecule has 1 aromatic rings. The summed E-state index contributed by atoms with van der Waals surface area (Å²) in [5.74, 6) is 0.0285. The lowest BCUT2D eigenvalue weighted by atomic mass is 10.1. The van der Waals surface area contributed by atoms with Crippen molar-refractivity contribution in [3.8, 4) is 0 Å². The highest BCUT2D eigenvalue weighted by Crippen LogP contribution is 2.08. The number of piperazine rings is 1. The number of hydrogen-bond donors (Lipinski definition) is 1. The largest absolute Gasteiger partial charge is 0.334 e. The van der Waals surface area contributed by atoms with E-state index in [2.05, 4.69) is 24.1 Å². The fourth-order valence-corrected chi connectivity index (χ4v) is 2.14. The summed E-state index contributed by atoms with van der Waals surface area (Å²) in [5.41, 5.74) is 0.531. The molecule has 0 bridgehead atoms. The van der Waals surface area contributed by atoms with Crippen LogP contribution in [0.2, 0.25) is 0 Å². The Morgan fingerprint density at radius 3 is 2.62 bits per heavy atom. The van der Waals surface area contributed by atoms with Gasteiger partial charge in [0, 0.05) is 31.4 Å². The van der Waals surface area contributed by atoms with Gasteiger partial charge in [-0.25, -0.2) is 0 Å². The van der Waals surface area contributed by atoms with E-state index in [9.17, 15) is 4.79 Å². The fourth-order valence-electron chi connectivity index (χ4n) is 2.14. The number of carbonyl (C=O) groups is 1. The summed E-state index contributed by atoms with van der Waals surface area (Å²) in [4.78, 5) is 18.1. The molecule has 1 aliphatic heterocycles. The minimum Gasteiger partial charge on any atom is -0.334 e. The van der Waals surface area contributed by atoms with E-state index in [1.165, 1.54) is 0 Å². The van der Waals surface area contributed by atoms with Crippen molar-refractivity contribution in [1.82, 2.24) is 15.2 Å². The number of amides is 1. The molecule has 4 nitrogen and oxygen atoms in total. The summed E-state index contributed by atoms with van der Waals surface area (Å²) in [6, 6.07) is 6.11. The van der Waals surface area contributed by atoms with Crippen LogP contribution in [0.3, 0.4) is 0 Å². The van der Waals surface area contributed by atoms with Crippen molar-refractivity contribution >= 4 is 5.91 Å². The number of pyridine rings is 1. The first kappa shape index (κ1) is 11.1. The van der Waals surface area contributed by atoms with Gasteiger partial charge in [0.1, 0.15) is 5.69 Å². The Kier molecular flexibility index (Phi) is 3.19. The molecule has 2 unspecified atom stereocenters. The molecule has 1 amide bonds. The predicted octanol–water partition coefficient (Wildman–Crippen LogP) is 0.904. The number of carbonyl (C=O) groups excluding carboxylic acids is 1. The van der Waals surface area contributed by atoms with Gasteiger partial charge in [0.15, 0.2) is 0 Å². The van der Waals surface area contributed by atoms with Crippen LogP contribution < -0.4 is 5.32 Å². The Labute approximate surface area is 95.7 Å². The van der Waals surface area contributed by atoms with Crippen molar-refractivity contribution in [1.29, 1.82) is 0 Å². The molecule has 1 fully saturated rings. The average molecular weight is 219 g/mol. The second-order valence-electron chi connectivity index (χ2n) is 4.39. The Morgan fingerprint density at radius 2 is 2.06 bits per heavy atom. The molecule has 0 aliphatic carbocycles. The summed E-state index contributed by atoms with van der Waals surface area (Å²) in [6.07, 6.45) is 1.66. The topological polar surface area (TPSA) is 45.2 Å². The van der Waals surface area contributed by atoms with Crippen molar-refractivity contribution in [3.05, 3.63) is 30.1 Å². The molecule has 2 atom stereocenters. The highest BCUT2D eigenvalue weighted by atomic mass is 16.2. The standard InChI is InChI=1S/C12H17N3O/c1-9-7-15(8-10(2)14-9)12(16)11-5-3-4-6-13-11/h3-6,9-10,14H,7-8H2,1-2H3. The molecular formula is C12H17N3O. The van der Waals surface area contributed by atoms with Crippen LogP contribution in [0.15, 0.2) is 24.4 Å². The number of aromatic nitrogens is 1. The second kappa shape index (κ2) is 4.61. The van der Waals surface area contributed by atoms with E-state index in [1.54, 1.807) is 12.3 Å². The first-order valence-corrected chi connectivity index (χ1v) is 5.63. The maximum Gasteiger partial charge on any atom is 0.272 e. The van der Waals surface area contributed by atoms with Crippen LogP contribution in [0.25, 0.3) is 0 Å². The predicted molar refractivity (Wildman–Crippen MR) is 62.2 cm³/mol. The van der Waals surface area contributed by atoms with Crippen LogP contribution >= 0.6 is 0 Å². The molecule has 0 spiro atoms. The summed E-state index contributed by atoms with van der Waals surface area (Å²) in [7, 11) is 0. The van der Waals surface area contributed by atoms with Gasteiger partial charge in [-0.15, -0.1) is 0 Å². The maximum absolute atomic E-state index is 12.1. The van der Waals surface area contributed by atoms with E-state index in [0.29, 0.717) is 17.8 Å². The van der Waals surface area contributed by atoms with E-state index < -0.39 is 0 Å². The number of nitrogens with one attached hydrogen (secondary N) is 1. The van der Waals surface area contributed by atoms with Gasteiger partial charge < -0.3 is 10.2 Å². The monoisotopic (exact) mass is 219 g/mol. The fraction of sp³-hybridized carbons (Fsp3) is 0.500. The molecule has 1 N–H and O–H groups in total. The molecule has 2 heterocycles. The lowest BCUT2D eigenvalue weighted by Gasteiger charge is -2.35. The first-order valence-electron chi connectivity index (χ1n) is 5.63. The number of rotatable bonds is 1. The molecule has 0 aromatic carbocycles. The second-order valence-corrected chi connectivity index (χ2v) is 4.39. The van der Waals surface area contributed by atoms with Crippen LogP contribution in [0.4, 0.5) is 0 Å². The minimum absolute atomic E-state index is 0.0285. The molecule has 86 valence electrons. The molecule has 1 saturated heterocycles. The van der Waals surface area contributed by atoms with Crippen LogP contribution in [-0.2, 0) is 0 Å². The zero-order chi connectivity index (χ0) is 11.5. The molecule has 1 aliphatic rings. The molecular weight excluding hydrogens is 202 g/mol. The van der Waals surface area contributed by atoms with Crippen molar-refractivity contribution in [2.75, 3.05) is 13.1 Å². The lowest BCUT2D eigenvalue weighted by Crippen LogP contribution is -2.55. The third-order valence-corrected chi connectivity index (χ3v) is 2.73. The molecule has 4 heteroatoms. The van der Waals surface area contributed by atoms with Crippen molar-refractivity contribution in [2.45, 2.75) is 25.9 Å². The van der Waals surface area contributed by atoms with Gasteiger partial charge >= 0.3 is 0 Å². The molecule has 16 heavy (non-hydrogen) atoms. The average Bonchev–Trinajstić information content (AvgIpc) is 2.28. The van der Waals surface area contributed by atoms with E-state index in [4.69, 9.17) is 0 Å². The van der Waals surface area contributed by atoms with Crippen LogP contribution in [-0.4, -0.2) is 41.0 Å². The minimum atomic E-state index is 0.0285. The van der Waals surface area contributed by atoms with Crippen LogP contribution in [0.1, 0.15) is 24.3 Å². The lowest BCUT2D eigenvalue weighted by molar-refractivity contribution is 0.0668.